The van der Waals surface area contributed by atoms with Crippen LogP contribution in [0.4, 0.5) is 0 Å². The molecule has 5 nitrogen and oxygen atoms in total. The van der Waals surface area contributed by atoms with Crippen molar-refractivity contribution in [2.45, 2.75) is 46.7 Å². The molecule has 0 aliphatic heterocycles. The van der Waals surface area contributed by atoms with Gasteiger partial charge in [0.25, 0.3) is 0 Å². The van der Waals surface area contributed by atoms with Gasteiger partial charge in [0.1, 0.15) is 6.04 Å². The fourth-order valence-electron chi connectivity index (χ4n) is 1.69. The standard InChI is InChI=1S/C12H21N3O2/c1-5-6-13-11(12(16)17)7-15-10(4)8(2)9(3)14-15/h11,13H,5-7H2,1-4H3,(H,16,17). The van der Waals surface area contributed by atoms with Gasteiger partial charge in [-0.2, -0.15) is 5.10 Å². The number of nitrogens with one attached hydrogen (secondary N) is 1. The highest BCUT2D eigenvalue weighted by atomic mass is 16.4. The molecule has 1 heterocycles. The molecule has 0 aliphatic rings. The highest BCUT2D eigenvalue weighted by Gasteiger charge is 2.19. The number of carboxylic acids is 1. The predicted molar refractivity (Wildman–Crippen MR) is 66.2 cm³/mol. The Balaban J connectivity index is 2.78. The number of rotatable bonds is 6. The normalized spacial score (nSPS) is 12.7. The fourth-order valence-corrected chi connectivity index (χ4v) is 1.69. The molecule has 0 bridgehead atoms. The van der Waals surface area contributed by atoms with Crippen molar-refractivity contribution in [1.29, 1.82) is 0 Å². The van der Waals surface area contributed by atoms with Crippen molar-refractivity contribution < 1.29 is 9.90 Å². The molecule has 0 radical (unpaired) electrons. The maximum absolute atomic E-state index is 11.1. The van der Waals surface area contributed by atoms with E-state index >= 15 is 0 Å². The second-order valence-corrected chi connectivity index (χ2v) is 4.32. The van der Waals surface area contributed by atoms with Crippen LogP contribution in [0, 0.1) is 20.8 Å². The second-order valence-electron chi connectivity index (χ2n) is 4.32. The van der Waals surface area contributed by atoms with Gasteiger partial charge in [-0.15, -0.1) is 0 Å². The van der Waals surface area contributed by atoms with E-state index in [9.17, 15) is 4.79 Å². The Morgan fingerprint density at radius 3 is 2.53 bits per heavy atom. The van der Waals surface area contributed by atoms with Crippen molar-refractivity contribution in [3.05, 3.63) is 17.0 Å². The van der Waals surface area contributed by atoms with Gasteiger partial charge in [-0.1, -0.05) is 6.92 Å². The molecule has 0 saturated carbocycles. The molecule has 0 fully saturated rings. The first kappa shape index (κ1) is 13.7. The molecule has 1 rings (SSSR count). The van der Waals surface area contributed by atoms with Crippen molar-refractivity contribution in [2.24, 2.45) is 0 Å². The minimum Gasteiger partial charge on any atom is -0.480 e. The minimum atomic E-state index is -0.830. The van der Waals surface area contributed by atoms with Gasteiger partial charge in [-0.05, 0) is 39.3 Å². The van der Waals surface area contributed by atoms with Crippen LogP contribution in [0.25, 0.3) is 0 Å². The van der Waals surface area contributed by atoms with Gasteiger partial charge in [0, 0.05) is 5.69 Å². The van der Waals surface area contributed by atoms with Crippen LogP contribution < -0.4 is 5.32 Å². The van der Waals surface area contributed by atoms with E-state index in [-0.39, 0.29) is 0 Å². The number of aryl methyl sites for hydroxylation is 1. The Hall–Kier alpha value is -1.36. The number of hydrogen-bond acceptors (Lipinski definition) is 3. The van der Waals surface area contributed by atoms with Gasteiger partial charge in [-0.25, -0.2) is 0 Å². The molecular formula is C12H21N3O2. The molecule has 2 N–H and O–H groups in total. The van der Waals surface area contributed by atoms with Crippen LogP contribution in [0.1, 0.15) is 30.3 Å². The van der Waals surface area contributed by atoms with E-state index in [1.807, 2.05) is 27.7 Å². The number of aromatic nitrogens is 2. The summed E-state index contributed by atoms with van der Waals surface area (Å²) in [6.07, 6.45) is 0.917. The average Bonchev–Trinajstić information content (AvgIpc) is 2.51. The largest absolute Gasteiger partial charge is 0.480 e. The number of aliphatic carboxylic acids is 1. The molecule has 0 amide bonds. The lowest BCUT2D eigenvalue weighted by molar-refractivity contribution is -0.139. The lowest BCUT2D eigenvalue weighted by atomic mass is 10.2. The Kier molecular flexibility index (Phi) is 4.69. The molecule has 0 aromatic carbocycles. The van der Waals surface area contributed by atoms with Gasteiger partial charge in [0.15, 0.2) is 0 Å². The van der Waals surface area contributed by atoms with Crippen molar-refractivity contribution in [3.8, 4) is 0 Å². The van der Waals surface area contributed by atoms with Crippen LogP contribution in [-0.2, 0) is 11.3 Å². The number of nitrogens with zero attached hydrogens (tertiary/aromatic N) is 2. The Labute approximate surface area is 102 Å². The van der Waals surface area contributed by atoms with Crippen LogP contribution in [0.3, 0.4) is 0 Å². The highest BCUT2D eigenvalue weighted by Crippen LogP contribution is 2.11. The Bertz CT molecular complexity index is 399. The minimum absolute atomic E-state index is 0.371. The third kappa shape index (κ3) is 3.30. The molecule has 0 saturated heterocycles. The third-order valence-electron chi connectivity index (χ3n) is 3.04. The molecule has 17 heavy (non-hydrogen) atoms. The Morgan fingerprint density at radius 2 is 2.12 bits per heavy atom. The lowest BCUT2D eigenvalue weighted by Gasteiger charge is -2.15. The van der Waals surface area contributed by atoms with Crippen LogP contribution >= 0.6 is 0 Å². The zero-order chi connectivity index (χ0) is 13.0. The van der Waals surface area contributed by atoms with E-state index in [0.717, 1.165) is 23.4 Å². The summed E-state index contributed by atoms with van der Waals surface area (Å²) in [5, 5.41) is 16.5. The summed E-state index contributed by atoms with van der Waals surface area (Å²) in [5.74, 6) is -0.830. The van der Waals surface area contributed by atoms with E-state index in [0.29, 0.717) is 13.1 Å². The van der Waals surface area contributed by atoms with Crippen LogP contribution in [0.15, 0.2) is 0 Å². The number of hydrogen-bond donors (Lipinski definition) is 2. The monoisotopic (exact) mass is 239 g/mol. The summed E-state index contributed by atoms with van der Waals surface area (Å²) in [4.78, 5) is 11.1. The third-order valence-corrected chi connectivity index (χ3v) is 3.04. The topological polar surface area (TPSA) is 67.2 Å². The average molecular weight is 239 g/mol. The van der Waals surface area contributed by atoms with Crippen molar-refractivity contribution >= 4 is 5.97 Å². The summed E-state index contributed by atoms with van der Waals surface area (Å²) in [7, 11) is 0. The van der Waals surface area contributed by atoms with E-state index in [4.69, 9.17) is 5.11 Å². The summed E-state index contributed by atoms with van der Waals surface area (Å²) in [6.45, 7) is 9.00. The summed E-state index contributed by atoms with van der Waals surface area (Å²) in [5.41, 5.74) is 3.12. The fraction of sp³-hybridized carbons (Fsp3) is 0.667. The van der Waals surface area contributed by atoms with E-state index in [1.165, 1.54) is 0 Å². The summed E-state index contributed by atoms with van der Waals surface area (Å²) >= 11 is 0. The smallest absolute Gasteiger partial charge is 0.322 e. The first-order valence-electron chi connectivity index (χ1n) is 5.94. The van der Waals surface area contributed by atoms with E-state index < -0.39 is 12.0 Å². The van der Waals surface area contributed by atoms with E-state index in [1.54, 1.807) is 4.68 Å². The molecule has 1 aromatic rings. The molecule has 1 atom stereocenters. The molecule has 0 spiro atoms. The first-order valence-corrected chi connectivity index (χ1v) is 5.94. The van der Waals surface area contributed by atoms with Crippen molar-refractivity contribution in [3.63, 3.8) is 0 Å². The summed E-state index contributed by atoms with van der Waals surface area (Å²) in [6, 6.07) is -0.577. The molecule has 96 valence electrons. The Morgan fingerprint density at radius 1 is 1.47 bits per heavy atom. The molecular weight excluding hydrogens is 218 g/mol. The van der Waals surface area contributed by atoms with E-state index in [2.05, 4.69) is 10.4 Å². The zero-order valence-corrected chi connectivity index (χ0v) is 10.9. The molecule has 5 heteroatoms. The maximum Gasteiger partial charge on any atom is 0.322 e. The first-order chi connectivity index (χ1) is 7.97. The SMILES string of the molecule is CCCNC(Cn1nc(C)c(C)c1C)C(=O)O. The van der Waals surface area contributed by atoms with Crippen LogP contribution in [-0.4, -0.2) is 33.4 Å². The predicted octanol–water partition coefficient (Wildman–Crippen LogP) is 1.26. The van der Waals surface area contributed by atoms with Gasteiger partial charge >= 0.3 is 5.97 Å². The maximum atomic E-state index is 11.1. The zero-order valence-electron chi connectivity index (χ0n) is 10.9. The van der Waals surface area contributed by atoms with Gasteiger partial charge in [0.05, 0.1) is 12.2 Å². The highest BCUT2D eigenvalue weighted by molar-refractivity contribution is 5.73. The van der Waals surface area contributed by atoms with Crippen molar-refractivity contribution in [2.75, 3.05) is 6.54 Å². The number of carboxylic acid groups (broad SMARTS) is 1. The second kappa shape index (κ2) is 5.82. The molecule has 0 aliphatic carbocycles. The quantitative estimate of drug-likeness (QED) is 0.784. The lowest BCUT2D eigenvalue weighted by Crippen LogP contribution is -2.41. The molecule has 1 unspecified atom stereocenters. The van der Waals surface area contributed by atoms with Gasteiger partial charge in [0.2, 0.25) is 0 Å². The van der Waals surface area contributed by atoms with Crippen LogP contribution in [0.5, 0.6) is 0 Å². The number of carbonyl (C=O) groups is 1. The molecule has 1 aromatic heterocycles. The van der Waals surface area contributed by atoms with Crippen molar-refractivity contribution in [1.82, 2.24) is 15.1 Å². The van der Waals surface area contributed by atoms with Gasteiger partial charge in [-0.3, -0.25) is 9.48 Å². The summed E-state index contributed by atoms with van der Waals surface area (Å²) < 4.78 is 1.77. The van der Waals surface area contributed by atoms with Crippen LogP contribution in [0.2, 0.25) is 0 Å². The van der Waals surface area contributed by atoms with Gasteiger partial charge < -0.3 is 10.4 Å².